The average Bonchev–Trinajstić information content (AvgIpc) is 3.28. The van der Waals surface area contributed by atoms with Gasteiger partial charge in [-0.05, 0) is 25.1 Å². The molecule has 1 aliphatic heterocycles. The van der Waals surface area contributed by atoms with Gasteiger partial charge in [0.05, 0.1) is 29.1 Å². The van der Waals surface area contributed by atoms with Crippen molar-refractivity contribution in [3.8, 4) is 0 Å². The van der Waals surface area contributed by atoms with Gasteiger partial charge in [-0.3, -0.25) is 14.6 Å². The van der Waals surface area contributed by atoms with E-state index in [1.54, 1.807) is 24.0 Å². The molecule has 3 heterocycles. The molecule has 9 heteroatoms. The highest BCUT2D eigenvalue weighted by Crippen LogP contribution is 2.30. The summed E-state index contributed by atoms with van der Waals surface area (Å²) < 4.78 is 24.7. The van der Waals surface area contributed by atoms with E-state index < -0.39 is 0 Å². The molecule has 0 radical (unpaired) electrons. The minimum atomic E-state index is -0.324. The highest BCUT2D eigenvalue weighted by Gasteiger charge is 2.25. The van der Waals surface area contributed by atoms with E-state index >= 15 is 0 Å². The van der Waals surface area contributed by atoms with E-state index in [0.717, 1.165) is 13.1 Å². The smallest absolute Gasteiger partial charge is 0.298 e. The van der Waals surface area contributed by atoms with Crippen molar-refractivity contribution >= 4 is 32.6 Å². The Balaban J connectivity index is 1.62. The van der Waals surface area contributed by atoms with Crippen LogP contribution >= 0.6 is 11.3 Å². The molecule has 4 rings (SSSR count). The van der Waals surface area contributed by atoms with Gasteiger partial charge in [-0.2, -0.15) is 0 Å². The van der Waals surface area contributed by atoms with Crippen LogP contribution in [0.1, 0.15) is 16.2 Å². The summed E-state index contributed by atoms with van der Waals surface area (Å²) in [6.45, 7) is 5.93. The van der Waals surface area contributed by atoms with Crippen molar-refractivity contribution < 1.29 is 18.4 Å². The maximum atomic E-state index is 13.5. The van der Waals surface area contributed by atoms with Crippen molar-refractivity contribution in [1.82, 2.24) is 15.0 Å². The summed E-state index contributed by atoms with van der Waals surface area (Å²) >= 11 is 1.28. The summed E-state index contributed by atoms with van der Waals surface area (Å²) in [6.07, 6.45) is 0. The first-order valence-corrected chi connectivity index (χ1v) is 9.53. The van der Waals surface area contributed by atoms with Gasteiger partial charge in [0, 0.05) is 32.2 Å². The lowest BCUT2D eigenvalue weighted by Gasteiger charge is -2.28. The van der Waals surface area contributed by atoms with Crippen LogP contribution in [0.4, 0.5) is 9.52 Å². The van der Waals surface area contributed by atoms with Crippen LogP contribution < -0.4 is 4.90 Å². The number of carbonyl (C=O) groups excluding carboxylic acids is 1. The van der Waals surface area contributed by atoms with Crippen LogP contribution in [0.25, 0.3) is 10.2 Å². The number of ether oxygens (including phenoxy) is 1. The molecule has 1 fully saturated rings. The molecule has 2 aromatic heterocycles. The van der Waals surface area contributed by atoms with Gasteiger partial charge in [0.2, 0.25) is 5.76 Å². The molecular formula is C18H19FN4O3S. The zero-order valence-electron chi connectivity index (χ0n) is 14.9. The second-order valence-corrected chi connectivity index (χ2v) is 7.36. The molecule has 0 atom stereocenters. The Hall–Kier alpha value is -2.36. The quantitative estimate of drug-likeness (QED) is 0.667. The van der Waals surface area contributed by atoms with Crippen LogP contribution in [0.15, 0.2) is 28.8 Å². The maximum Gasteiger partial charge on any atom is 0.298 e. The van der Waals surface area contributed by atoms with Gasteiger partial charge < -0.3 is 9.26 Å². The van der Waals surface area contributed by atoms with Crippen LogP contribution in [0.3, 0.4) is 0 Å². The maximum absolute atomic E-state index is 13.5. The third-order valence-corrected chi connectivity index (χ3v) is 5.44. The third-order valence-electron chi connectivity index (χ3n) is 4.40. The van der Waals surface area contributed by atoms with Crippen molar-refractivity contribution in [2.75, 3.05) is 44.3 Å². The number of aryl methyl sites for hydroxylation is 1. The van der Waals surface area contributed by atoms with E-state index in [1.165, 1.54) is 23.5 Å². The van der Waals surface area contributed by atoms with Crippen LogP contribution in [0.5, 0.6) is 0 Å². The van der Waals surface area contributed by atoms with Gasteiger partial charge in [-0.25, -0.2) is 9.37 Å². The second kappa shape index (κ2) is 7.71. The number of fused-ring (bicyclic) bond motifs is 1. The van der Waals surface area contributed by atoms with Crippen molar-refractivity contribution in [2.45, 2.75) is 6.92 Å². The number of benzene rings is 1. The summed E-state index contributed by atoms with van der Waals surface area (Å²) in [4.78, 5) is 21.4. The molecule has 27 heavy (non-hydrogen) atoms. The van der Waals surface area contributed by atoms with Gasteiger partial charge in [0.25, 0.3) is 5.91 Å². The van der Waals surface area contributed by atoms with Gasteiger partial charge in [-0.1, -0.05) is 16.5 Å². The molecule has 0 N–H and O–H groups in total. The van der Waals surface area contributed by atoms with E-state index in [-0.39, 0.29) is 17.5 Å². The van der Waals surface area contributed by atoms with E-state index in [9.17, 15) is 9.18 Å². The second-order valence-electron chi connectivity index (χ2n) is 6.35. The largest absolute Gasteiger partial charge is 0.379 e. The summed E-state index contributed by atoms with van der Waals surface area (Å²) in [7, 11) is 0. The third kappa shape index (κ3) is 4.00. The highest BCUT2D eigenvalue weighted by atomic mass is 32.1. The van der Waals surface area contributed by atoms with Crippen molar-refractivity contribution in [3.63, 3.8) is 0 Å². The number of halogens is 1. The predicted molar refractivity (Wildman–Crippen MR) is 99.8 cm³/mol. The number of thiazole rings is 1. The first-order chi connectivity index (χ1) is 13.1. The highest BCUT2D eigenvalue weighted by molar-refractivity contribution is 7.22. The van der Waals surface area contributed by atoms with Gasteiger partial charge in [-0.15, -0.1) is 0 Å². The zero-order valence-corrected chi connectivity index (χ0v) is 15.7. The SMILES string of the molecule is Cc1cc(C(=O)N(CCN2CCOCC2)c2nc3ccc(F)cc3s2)on1. The molecule has 0 saturated carbocycles. The topological polar surface area (TPSA) is 71.7 Å². The van der Waals surface area contributed by atoms with E-state index in [2.05, 4.69) is 15.0 Å². The number of anilines is 1. The van der Waals surface area contributed by atoms with Crippen molar-refractivity contribution in [3.05, 3.63) is 41.5 Å². The fraction of sp³-hybridized carbons (Fsp3) is 0.389. The monoisotopic (exact) mass is 390 g/mol. The Morgan fingerprint density at radius 1 is 1.33 bits per heavy atom. The van der Waals surface area contributed by atoms with Crippen LogP contribution in [-0.2, 0) is 4.74 Å². The fourth-order valence-electron chi connectivity index (χ4n) is 2.95. The Bertz CT molecular complexity index is 951. The normalized spacial score (nSPS) is 15.3. The molecule has 3 aromatic rings. The Morgan fingerprint density at radius 3 is 2.89 bits per heavy atom. The Morgan fingerprint density at radius 2 is 2.15 bits per heavy atom. The minimum Gasteiger partial charge on any atom is -0.379 e. The van der Waals surface area contributed by atoms with Gasteiger partial charge in [0.1, 0.15) is 5.82 Å². The number of nitrogens with zero attached hydrogens (tertiary/aromatic N) is 4. The summed E-state index contributed by atoms with van der Waals surface area (Å²) in [5.41, 5.74) is 1.30. The fourth-order valence-corrected chi connectivity index (χ4v) is 3.96. The molecule has 0 aliphatic carbocycles. The van der Waals surface area contributed by atoms with Crippen LogP contribution in [0.2, 0.25) is 0 Å². The molecule has 1 aliphatic rings. The van der Waals surface area contributed by atoms with Crippen molar-refractivity contribution in [1.29, 1.82) is 0 Å². The molecule has 1 aromatic carbocycles. The van der Waals surface area contributed by atoms with Gasteiger partial charge in [0.15, 0.2) is 5.13 Å². The number of amides is 1. The molecule has 0 unspecified atom stereocenters. The number of hydrogen-bond acceptors (Lipinski definition) is 7. The number of morpholine rings is 1. The predicted octanol–water partition coefficient (Wildman–Crippen LogP) is 2.71. The first-order valence-electron chi connectivity index (χ1n) is 8.71. The lowest BCUT2D eigenvalue weighted by atomic mass is 10.3. The molecule has 1 amide bonds. The molecule has 1 saturated heterocycles. The number of hydrogen-bond donors (Lipinski definition) is 0. The minimum absolute atomic E-state index is 0.167. The van der Waals surface area contributed by atoms with E-state index in [1.807, 2.05) is 0 Å². The van der Waals surface area contributed by atoms with Crippen LogP contribution in [0, 0.1) is 12.7 Å². The molecule has 142 valence electrons. The Kier molecular flexibility index (Phi) is 5.15. The number of carbonyl (C=O) groups is 1. The zero-order chi connectivity index (χ0) is 18.8. The number of rotatable bonds is 5. The van der Waals surface area contributed by atoms with Crippen LogP contribution in [-0.4, -0.2) is 60.3 Å². The molecular weight excluding hydrogens is 371 g/mol. The summed E-state index contributed by atoms with van der Waals surface area (Å²) in [6, 6.07) is 6.02. The lowest BCUT2D eigenvalue weighted by Crippen LogP contribution is -2.43. The van der Waals surface area contributed by atoms with E-state index in [0.29, 0.717) is 47.3 Å². The number of aromatic nitrogens is 2. The van der Waals surface area contributed by atoms with E-state index in [4.69, 9.17) is 9.26 Å². The summed E-state index contributed by atoms with van der Waals surface area (Å²) in [5, 5.41) is 4.32. The average molecular weight is 390 g/mol. The Labute approximate surface area is 159 Å². The molecule has 0 spiro atoms. The summed E-state index contributed by atoms with van der Waals surface area (Å²) in [5.74, 6) is -0.460. The van der Waals surface area contributed by atoms with Gasteiger partial charge >= 0.3 is 0 Å². The molecule has 7 nitrogen and oxygen atoms in total. The lowest BCUT2D eigenvalue weighted by molar-refractivity contribution is 0.0390. The first kappa shape index (κ1) is 18.0. The standard InChI is InChI=1S/C18H19FN4O3S/c1-12-10-15(26-21-12)17(24)23(5-4-22-6-8-25-9-7-22)18-20-14-3-2-13(19)11-16(14)27-18/h2-3,10-11H,4-9H2,1H3. The van der Waals surface area contributed by atoms with Crippen molar-refractivity contribution in [2.24, 2.45) is 0 Å². The molecule has 0 bridgehead atoms.